The van der Waals surface area contributed by atoms with Gasteiger partial charge in [-0.1, -0.05) is 284 Å². The van der Waals surface area contributed by atoms with Crippen LogP contribution in [0.2, 0.25) is 10.0 Å². The van der Waals surface area contributed by atoms with Gasteiger partial charge in [0.1, 0.15) is 56.9 Å². The van der Waals surface area contributed by atoms with E-state index in [0.29, 0.717) is 39.4 Å². The van der Waals surface area contributed by atoms with Gasteiger partial charge in [-0.2, -0.15) is 5.10 Å². The average Bonchev–Trinajstić information content (AvgIpc) is 1.02. The van der Waals surface area contributed by atoms with Gasteiger partial charge in [0.05, 0.1) is 99.5 Å². The first kappa shape index (κ1) is 106. The normalized spacial score (nSPS) is 11.2. The van der Waals surface area contributed by atoms with Gasteiger partial charge in [-0.25, -0.2) is 69.3 Å². The van der Waals surface area contributed by atoms with Gasteiger partial charge in [-0.15, -0.1) is 0 Å². The summed E-state index contributed by atoms with van der Waals surface area (Å²) in [5.74, 6) is -3.89. The van der Waals surface area contributed by atoms with Gasteiger partial charge < -0.3 is 19.3 Å². The van der Waals surface area contributed by atoms with Crippen molar-refractivity contribution in [2.24, 2.45) is 0 Å². The predicted octanol–water partition coefficient (Wildman–Crippen LogP) is 26.6. The summed E-state index contributed by atoms with van der Waals surface area (Å²) >= 11 is 15.4. The molecule has 21 nitrogen and oxygen atoms in total. The highest BCUT2D eigenvalue weighted by molar-refractivity contribution is 9.10. The Morgan fingerprint density at radius 1 is 0.396 bits per heavy atom. The average molecular weight is 2130 g/mol. The third kappa shape index (κ3) is 27.3. The summed E-state index contributed by atoms with van der Waals surface area (Å²) in [6.45, 7) is 14.9. The quantitative estimate of drug-likeness (QED) is 0.0325. The van der Waals surface area contributed by atoms with Crippen LogP contribution in [0, 0.1) is 36.4 Å². The number of ether oxygens (including phenoxy) is 3. The van der Waals surface area contributed by atoms with E-state index in [9.17, 15) is 65.2 Å². The smallest absolute Gasteiger partial charge is 0.268 e. The number of rotatable bonds is 29. The van der Waals surface area contributed by atoms with Gasteiger partial charge in [-0.05, 0) is 205 Å². The molecule has 0 aliphatic rings. The van der Waals surface area contributed by atoms with E-state index in [4.69, 9.17) is 50.6 Å². The Morgan fingerprint density at radius 3 is 1.25 bits per heavy atom. The molecule has 0 bridgehead atoms. The third-order valence-corrected chi connectivity index (χ3v) is 31.5. The molecule has 17 rings (SSSR count). The lowest BCUT2D eigenvalue weighted by molar-refractivity contribution is -0.119. The minimum absolute atomic E-state index is 0.00323. The van der Waals surface area contributed by atoms with Crippen molar-refractivity contribution in [1.82, 2.24) is 10.2 Å². The standard InChI is InChI=1S/C28H22BrClFNO4S.C23H21N3O3S.C20H17ClO4S.C20H13F2NO2S.C20H14FNO2S/c1-19(33)18-36-28-24(29)15-23(30)16-27(28)37(34,35)32(17-20-8-4-2-5-9-20)26-14-22(12-13-25(26)31)21-10-6-3-7-11-21;1-29-23-13-12-20(19-10-6-3-7-11-19)14-22(23)26(17-18-8-4-2-5-9-18)30(27,28)21-15-24-25-16-21;1-25-20-10-7-15(14-5-3-2-4-6-14)11-16(20)13-26(23,24)17-8-9-19(22)18(21)12-17;1-23-17-8-10-19(22)20(12-17)26(24,25)13-16-11-15(7-9-18(16)21)14-5-3-2-4-6-14;1-22-18-8-5-9-19(13-18)25(23,24)14-17-12-16(10-11-20(17)21)15-6-3-2-4-7-15/h2-16H,17-18H2,1H3;2-16H,17H2,1H3,(H,24,25);2-12,22H,13H2,1H3;2-12H,13H2;2-13H,14H2. The topological polar surface area (TPSA) is 280 Å². The molecule has 0 spiro atoms. The molecule has 2 N–H and O–H groups in total. The summed E-state index contributed by atoms with van der Waals surface area (Å²) in [6, 6.07) is 105. The van der Waals surface area contributed by atoms with Crippen LogP contribution in [0.5, 0.6) is 23.0 Å². The number of nitrogens with zero attached hydrogens (tertiary/aromatic N) is 5. The van der Waals surface area contributed by atoms with Crippen LogP contribution in [0.4, 0.5) is 40.3 Å². The van der Waals surface area contributed by atoms with Crippen molar-refractivity contribution in [3.8, 4) is 78.6 Å². The van der Waals surface area contributed by atoms with E-state index in [2.05, 4.69) is 35.8 Å². The number of methoxy groups -OCH3 is 2. The molecule has 0 unspecified atom stereocenters. The van der Waals surface area contributed by atoms with E-state index >= 15 is 4.39 Å². The van der Waals surface area contributed by atoms with Crippen LogP contribution in [0.15, 0.2) is 417 Å². The summed E-state index contributed by atoms with van der Waals surface area (Å²) in [4.78, 5) is 17.2. The van der Waals surface area contributed by atoms with Gasteiger partial charge in [-0.3, -0.25) is 18.5 Å². The van der Waals surface area contributed by atoms with Crippen molar-refractivity contribution >= 4 is 117 Å². The highest BCUT2D eigenvalue weighted by atomic mass is 79.9. The second-order valence-electron chi connectivity index (χ2n) is 31.9. The van der Waals surface area contributed by atoms with Crippen LogP contribution >= 0.6 is 39.1 Å². The van der Waals surface area contributed by atoms with Crippen LogP contribution in [0.25, 0.3) is 65.3 Å². The molecule has 144 heavy (non-hydrogen) atoms. The van der Waals surface area contributed by atoms with Gasteiger partial charge in [0.2, 0.25) is 0 Å². The molecule has 0 saturated heterocycles. The van der Waals surface area contributed by atoms with Gasteiger partial charge in [0, 0.05) is 27.9 Å². The molecular weight excluding hydrogens is 2040 g/mol. The number of sulfonamides is 2. The van der Waals surface area contributed by atoms with Crippen molar-refractivity contribution < 1.29 is 83.8 Å². The van der Waals surface area contributed by atoms with Crippen molar-refractivity contribution in [3.63, 3.8) is 0 Å². The summed E-state index contributed by atoms with van der Waals surface area (Å²) in [7, 11) is -16.9. The molecular formula is C111H87BrCl2F4N6O15S5. The predicted molar refractivity (Wildman–Crippen MR) is 557 cm³/mol. The maximum atomic E-state index is 15.4. The van der Waals surface area contributed by atoms with Crippen molar-refractivity contribution in [1.29, 1.82) is 0 Å². The highest BCUT2D eigenvalue weighted by Gasteiger charge is 2.35. The molecule has 16 aromatic carbocycles. The van der Waals surface area contributed by atoms with Crippen molar-refractivity contribution in [2.75, 3.05) is 29.4 Å². The number of benzene rings is 16. The number of hydrogen-bond acceptors (Lipinski definition) is 16. The molecule has 0 saturated carbocycles. The largest absolute Gasteiger partial charge is 0.506 e. The maximum absolute atomic E-state index is 15.4. The van der Waals surface area contributed by atoms with E-state index in [1.165, 1.54) is 129 Å². The second kappa shape index (κ2) is 48.5. The first-order valence-electron chi connectivity index (χ1n) is 43.6. The highest BCUT2D eigenvalue weighted by Crippen LogP contribution is 2.43. The Bertz CT molecular complexity index is 8150. The molecule has 0 amide bonds. The molecule has 0 radical (unpaired) electrons. The fourth-order valence-corrected chi connectivity index (χ4v) is 23.3. The molecule has 33 heteroatoms. The van der Waals surface area contributed by atoms with Gasteiger partial charge in [0.25, 0.3) is 20.0 Å². The fourth-order valence-electron chi connectivity index (χ4n) is 14.8. The number of sulfone groups is 3. The Hall–Kier alpha value is -15.3. The Kier molecular flexibility index (Phi) is 35.7. The molecule has 730 valence electrons. The lowest BCUT2D eigenvalue weighted by atomic mass is 10.0. The van der Waals surface area contributed by atoms with E-state index in [-0.39, 0.29) is 105 Å². The number of carbonyl (C=O) groups is 1. The van der Waals surface area contributed by atoms with Gasteiger partial charge >= 0.3 is 0 Å². The number of H-pyrrole nitrogens is 1. The zero-order chi connectivity index (χ0) is 103. The van der Waals surface area contributed by atoms with Crippen LogP contribution in [-0.2, 0) is 84.7 Å². The monoisotopic (exact) mass is 2130 g/mol. The number of hydrogen-bond donors (Lipinski definition) is 2. The van der Waals surface area contributed by atoms with Crippen molar-refractivity contribution in [3.05, 3.63) is 477 Å². The summed E-state index contributed by atoms with van der Waals surface area (Å²) in [5.41, 5.74) is 11.0. The van der Waals surface area contributed by atoms with Crippen LogP contribution in [0.1, 0.15) is 34.7 Å². The van der Waals surface area contributed by atoms with Crippen LogP contribution < -0.4 is 22.8 Å². The Balaban J connectivity index is 0.000000152. The first-order chi connectivity index (χ1) is 69.1. The number of carbonyl (C=O) groups excluding carboxylic acids is 1. The lowest BCUT2D eigenvalue weighted by Crippen LogP contribution is -2.32. The molecule has 0 aliphatic carbocycles. The minimum atomic E-state index is -4.45. The number of aromatic amines is 1. The molecule has 17 aromatic rings. The number of anilines is 2. The zero-order valence-electron chi connectivity index (χ0n) is 76.8. The SMILES string of the molecule is CC(=O)COc1c(Br)cc(Cl)cc1S(=O)(=O)N(Cc1ccccc1)c1cc(-c2ccccc2)ccc1F.COc1ccc(-c2ccccc2)cc1CS(=O)(=O)c1ccc(O)c(Cl)c1.COc1ccc(-c2ccccc2)cc1N(Cc1ccccc1)S(=O)(=O)c1cn[nH]c1.[C-]#[N+]c1ccc(F)c(S(=O)(=O)Cc2cc(-c3ccccc3)ccc2F)c1.[C-]#[N+]c1cccc(S(=O)(=O)Cc2cc(-c3ccccc3)ccc2F)c1. The van der Waals surface area contributed by atoms with Crippen LogP contribution in [-0.4, -0.2) is 84.0 Å². The number of phenolic OH excluding ortho intramolecular Hbond substituents is 1. The summed E-state index contributed by atoms with van der Waals surface area (Å²) in [5, 5.41) is 16.0. The van der Waals surface area contributed by atoms with Gasteiger partial charge in [0.15, 0.2) is 52.4 Å². The zero-order valence-corrected chi connectivity index (χ0v) is 84.0. The third-order valence-electron chi connectivity index (χ3n) is 21.9. The summed E-state index contributed by atoms with van der Waals surface area (Å²) in [6.07, 6.45) is 2.68. The number of phenols is 1. The van der Waals surface area contributed by atoms with Crippen molar-refractivity contribution in [2.45, 2.75) is 61.7 Å². The summed E-state index contributed by atoms with van der Waals surface area (Å²) < 4.78 is 208. The molecule has 0 fully saturated rings. The minimum Gasteiger partial charge on any atom is -0.506 e. The number of aromatic hydroxyl groups is 1. The Morgan fingerprint density at radius 2 is 0.799 bits per heavy atom. The molecule has 0 atom stereocenters. The Labute approximate surface area is 851 Å². The number of aromatic nitrogens is 2. The molecule has 1 aromatic heterocycles. The van der Waals surface area contributed by atoms with E-state index in [1.807, 2.05) is 206 Å². The van der Waals surface area contributed by atoms with Crippen LogP contribution in [0.3, 0.4) is 0 Å². The first-order valence-corrected chi connectivity index (χ1v) is 53.0. The lowest BCUT2D eigenvalue weighted by Gasteiger charge is -2.27. The second-order valence-corrected chi connectivity index (χ2v) is 43.2. The maximum Gasteiger partial charge on any atom is 0.268 e. The molecule has 1 heterocycles. The van der Waals surface area contributed by atoms with E-state index in [0.717, 1.165) is 66.5 Å². The number of nitrogens with one attached hydrogen (secondary N) is 1. The number of halogens is 7. The van der Waals surface area contributed by atoms with E-state index < -0.39 is 89.2 Å². The molecule has 0 aliphatic heterocycles. The van der Waals surface area contributed by atoms with E-state index in [1.54, 1.807) is 66.7 Å². The number of Topliss-reactive ketones (excluding diaryl/α,β-unsaturated/α-hetero) is 1. The fraction of sp³-hybridized carbons (Fsp3) is 0.0811. The number of ketones is 1.